The molecule has 0 amide bonds. The third-order valence-electron chi connectivity index (χ3n) is 3.09. The van der Waals surface area contributed by atoms with Crippen LogP contribution in [0.25, 0.3) is 0 Å². The molecule has 1 aromatic rings. The molecular formula is C11H17Cl2N3. The van der Waals surface area contributed by atoms with E-state index in [1.165, 1.54) is 0 Å². The molecule has 0 unspecified atom stereocenters. The number of rotatable bonds is 1. The zero-order valence-corrected chi connectivity index (χ0v) is 10.8. The maximum Gasteiger partial charge on any atom is 0.129 e. The molecule has 2 rings (SSSR count). The second kappa shape index (κ2) is 5.71. The number of nitrogens with zero attached hydrogens (tertiary/aromatic N) is 2. The van der Waals surface area contributed by atoms with Crippen molar-refractivity contribution in [2.75, 3.05) is 18.0 Å². The van der Waals surface area contributed by atoms with Crippen molar-refractivity contribution in [3.05, 3.63) is 23.5 Å². The first kappa shape index (κ1) is 13.6. The van der Waals surface area contributed by atoms with E-state index < -0.39 is 0 Å². The highest BCUT2D eigenvalue weighted by Gasteiger charge is 2.23. The van der Waals surface area contributed by atoms with Gasteiger partial charge in [-0.1, -0.05) is 18.5 Å². The fraction of sp³-hybridized carbons (Fsp3) is 0.545. The van der Waals surface area contributed by atoms with Gasteiger partial charge in [-0.3, -0.25) is 0 Å². The van der Waals surface area contributed by atoms with Gasteiger partial charge in [0.1, 0.15) is 5.15 Å². The van der Waals surface area contributed by atoms with Crippen molar-refractivity contribution in [2.45, 2.75) is 19.4 Å². The Bertz CT molecular complexity index is 329. The molecule has 2 atom stereocenters. The Hall–Kier alpha value is -0.510. The SMILES string of the molecule is C[C@@H]1CCN(c2ccc(Cl)nc2)C[C@H]1N.Cl. The molecule has 1 saturated heterocycles. The van der Waals surface area contributed by atoms with E-state index in [2.05, 4.69) is 16.8 Å². The summed E-state index contributed by atoms with van der Waals surface area (Å²) >= 11 is 5.75. The van der Waals surface area contributed by atoms with E-state index in [1.54, 1.807) is 0 Å². The van der Waals surface area contributed by atoms with Gasteiger partial charge in [-0.15, -0.1) is 12.4 Å². The minimum Gasteiger partial charge on any atom is -0.369 e. The summed E-state index contributed by atoms with van der Waals surface area (Å²) in [5.74, 6) is 0.613. The summed E-state index contributed by atoms with van der Waals surface area (Å²) in [6, 6.07) is 4.08. The molecule has 2 heterocycles. The van der Waals surface area contributed by atoms with Crippen molar-refractivity contribution < 1.29 is 0 Å². The molecule has 0 aromatic carbocycles. The predicted octanol–water partition coefficient (Wildman–Crippen LogP) is 2.33. The molecule has 0 radical (unpaired) electrons. The molecule has 0 bridgehead atoms. The lowest BCUT2D eigenvalue weighted by Crippen LogP contribution is -2.47. The van der Waals surface area contributed by atoms with Gasteiger partial charge in [-0.05, 0) is 24.5 Å². The standard InChI is InChI=1S/C11H16ClN3.ClH/c1-8-4-5-15(7-10(8)13)9-2-3-11(12)14-6-9;/h2-3,6,8,10H,4-5,7,13H2,1H3;1H/t8-,10-;/m1./s1. The van der Waals surface area contributed by atoms with Gasteiger partial charge in [-0.25, -0.2) is 4.98 Å². The Morgan fingerprint density at radius 1 is 1.50 bits per heavy atom. The third-order valence-corrected chi connectivity index (χ3v) is 3.32. The summed E-state index contributed by atoms with van der Waals surface area (Å²) in [5.41, 5.74) is 7.16. The molecule has 1 aliphatic rings. The predicted molar refractivity (Wildman–Crippen MR) is 70.5 cm³/mol. The fourth-order valence-electron chi connectivity index (χ4n) is 1.89. The molecule has 1 aliphatic heterocycles. The number of nitrogens with two attached hydrogens (primary N) is 1. The van der Waals surface area contributed by atoms with Gasteiger partial charge in [-0.2, -0.15) is 0 Å². The van der Waals surface area contributed by atoms with Crippen LogP contribution >= 0.6 is 24.0 Å². The molecule has 1 fully saturated rings. The van der Waals surface area contributed by atoms with Crippen LogP contribution in [-0.4, -0.2) is 24.1 Å². The summed E-state index contributed by atoms with van der Waals surface area (Å²) in [7, 11) is 0. The molecule has 1 aromatic heterocycles. The Morgan fingerprint density at radius 3 is 2.81 bits per heavy atom. The van der Waals surface area contributed by atoms with Crippen LogP contribution in [0.2, 0.25) is 5.15 Å². The van der Waals surface area contributed by atoms with E-state index in [9.17, 15) is 0 Å². The molecule has 0 saturated carbocycles. The Labute approximate surface area is 107 Å². The lowest BCUT2D eigenvalue weighted by molar-refractivity contribution is 0.379. The van der Waals surface area contributed by atoms with Gasteiger partial charge >= 0.3 is 0 Å². The minimum absolute atomic E-state index is 0. The summed E-state index contributed by atoms with van der Waals surface area (Å²) in [5, 5.41) is 0.536. The zero-order valence-electron chi connectivity index (χ0n) is 9.27. The normalized spacial score (nSPS) is 25.1. The minimum atomic E-state index is 0. The molecule has 0 aliphatic carbocycles. The highest BCUT2D eigenvalue weighted by Crippen LogP contribution is 2.22. The molecule has 16 heavy (non-hydrogen) atoms. The first-order valence-electron chi connectivity index (χ1n) is 5.29. The van der Waals surface area contributed by atoms with Crippen LogP contribution in [0, 0.1) is 5.92 Å². The van der Waals surface area contributed by atoms with Gasteiger partial charge in [0.05, 0.1) is 11.9 Å². The van der Waals surface area contributed by atoms with Crippen LogP contribution in [-0.2, 0) is 0 Å². The van der Waals surface area contributed by atoms with Crippen LogP contribution in [0.1, 0.15) is 13.3 Å². The monoisotopic (exact) mass is 261 g/mol. The lowest BCUT2D eigenvalue weighted by Gasteiger charge is -2.36. The van der Waals surface area contributed by atoms with Gasteiger partial charge < -0.3 is 10.6 Å². The highest BCUT2D eigenvalue weighted by molar-refractivity contribution is 6.29. The van der Waals surface area contributed by atoms with Gasteiger partial charge in [0.15, 0.2) is 0 Å². The van der Waals surface area contributed by atoms with E-state index >= 15 is 0 Å². The fourth-order valence-corrected chi connectivity index (χ4v) is 2.00. The van der Waals surface area contributed by atoms with Crippen LogP contribution in [0.4, 0.5) is 5.69 Å². The number of anilines is 1. The summed E-state index contributed by atoms with van der Waals surface area (Å²) in [6.07, 6.45) is 2.95. The van der Waals surface area contributed by atoms with Crippen molar-refractivity contribution in [2.24, 2.45) is 11.7 Å². The summed E-state index contributed by atoms with van der Waals surface area (Å²) in [6.45, 7) is 4.17. The smallest absolute Gasteiger partial charge is 0.129 e. The number of halogens is 2. The number of aromatic nitrogens is 1. The molecule has 3 nitrogen and oxygen atoms in total. The molecular weight excluding hydrogens is 245 g/mol. The Balaban J connectivity index is 0.00000128. The number of hydrogen-bond donors (Lipinski definition) is 1. The quantitative estimate of drug-likeness (QED) is 0.790. The summed E-state index contributed by atoms with van der Waals surface area (Å²) in [4.78, 5) is 6.35. The maximum absolute atomic E-state index is 6.05. The van der Waals surface area contributed by atoms with E-state index in [1.807, 2.05) is 18.3 Å². The number of pyridine rings is 1. The zero-order chi connectivity index (χ0) is 10.8. The van der Waals surface area contributed by atoms with Crippen molar-refractivity contribution in [1.82, 2.24) is 4.98 Å². The third kappa shape index (κ3) is 3.00. The second-order valence-electron chi connectivity index (χ2n) is 4.21. The van der Waals surface area contributed by atoms with Crippen LogP contribution in [0.5, 0.6) is 0 Å². The van der Waals surface area contributed by atoms with E-state index in [0.29, 0.717) is 11.1 Å². The lowest BCUT2D eigenvalue weighted by atomic mass is 9.94. The van der Waals surface area contributed by atoms with Crippen LogP contribution in [0.3, 0.4) is 0 Å². The topological polar surface area (TPSA) is 42.2 Å². The van der Waals surface area contributed by atoms with Crippen LogP contribution < -0.4 is 10.6 Å². The Kier molecular flexibility index (Phi) is 4.84. The summed E-state index contributed by atoms with van der Waals surface area (Å²) < 4.78 is 0. The van der Waals surface area contributed by atoms with Crippen molar-refractivity contribution in [1.29, 1.82) is 0 Å². The molecule has 5 heteroatoms. The molecule has 0 spiro atoms. The molecule has 2 N–H and O–H groups in total. The van der Waals surface area contributed by atoms with Crippen LogP contribution in [0.15, 0.2) is 18.3 Å². The van der Waals surface area contributed by atoms with Crippen molar-refractivity contribution in [3.8, 4) is 0 Å². The van der Waals surface area contributed by atoms with E-state index in [0.717, 1.165) is 25.2 Å². The molecule has 90 valence electrons. The number of hydrogen-bond acceptors (Lipinski definition) is 3. The average molecular weight is 262 g/mol. The van der Waals surface area contributed by atoms with E-state index in [-0.39, 0.29) is 18.4 Å². The Morgan fingerprint density at radius 2 is 2.25 bits per heavy atom. The van der Waals surface area contributed by atoms with Crippen molar-refractivity contribution in [3.63, 3.8) is 0 Å². The largest absolute Gasteiger partial charge is 0.369 e. The second-order valence-corrected chi connectivity index (χ2v) is 4.60. The first-order chi connectivity index (χ1) is 7.16. The van der Waals surface area contributed by atoms with E-state index in [4.69, 9.17) is 17.3 Å². The number of piperidine rings is 1. The average Bonchev–Trinajstić information content (AvgIpc) is 2.23. The highest BCUT2D eigenvalue weighted by atomic mass is 35.5. The van der Waals surface area contributed by atoms with Gasteiger partial charge in [0.2, 0.25) is 0 Å². The van der Waals surface area contributed by atoms with Gasteiger partial charge in [0, 0.05) is 19.1 Å². The first-order valence-corrected chi connectivity index (χ1v) is 5.66. The van der Waals surface area contributed by atoms with Gasteiger partial charge in [0.25, 0.3) is 0 Å². The maximum atomic E-state index is 6.05. The van der Waals surface area contributed by atoms with Crippen molar-refractivity contribution >= 4 is 29.7 Å².